The van der Waals surface area contributed by atoms with Crippen LogP contribution in [0.1, 0.15) is 51.0 Å². The number of amides is 2. The van der Waals surface area contributed by atoms with Crippen molar-refractivity contribution in [3.8, 4) is 11.5 Å². The van der Waals surface area contributed by atoms with Gasteiger partial charge in [0.15, 0.2) is 12.0 Å². The van der Waals surface area contributed by atoms with Crippen LogP contribution in [-0.4, -0.2) is 21.6 Å². The quantitative estimate of drug-likeness (QED) is 0.538. The van der Waals surface area contributed by atoms with E-state index >= 15 is 0 Å². The lowest BCUT2D eigenvalue weighted by molar-refractivity contribution is -0.125. The molecule has 0 bridgehead atoms. The first-order chi connectivity index (χ1) is 15.1. The molecule has 1 fully saturated rings. The van der Waals surface area contributed by atoms with E-state index in [1.165, 1.54) is 0 Å². The number of furan rings is 1. The van der Waals surface area contributed by atoms with Gasteiger partial charge in [0.2, 0.25) is 11.8 Å². The molecule has 3 N–H and O–H groups in total. The molecular weight excluding hydrogens is 394 g/mol. The summed E-state index contributed by atoms with van der Waals surface area (Å²) < 4.78 is 7.09. The van der Waals surface area contributed by atoms with Gasteiger partial charge in [-0.1, -0.05) is 44.2 Å². The van der Waals surface area contributed by atoms with Crippen LogP contribution in [0, 0.1) is 5.92 Å². The summed E-state index contributed by atoms with van der Waals surface area (Å²) in [6.07, 6.45) is 2.77. The Morgan fingerprint density at radius 2 is 2.00 bits per heavy atom. The highest BCUT2D eigenvalue weighted by molar-refractivity contribution is 5.92. The number of aromatic nitrogens is 2. The Bertz CT molecular complexity index is 1020. The molecule has 8 heteroatoms. The molecule has 2 amide bonds. The van der Waals surface area contributed by atoms with E-state index in [1.807, 2.05) is 44.2 Å². The predicted octanol–water partition coefficient (Wildman–Crippen LogP) is 3.82. The molecule has 8 nitrogen and oxygen atoms in total. The molecule has 1 aromatic carbocycles. The number of rotatable bonds is 7. The van der Waals surface area contributed by atoms with E-state index in [0.29, 0.717) is 23.7 Å². The zero-order valence-electron chi connectivity index (χ0n) is 17.7. The molecule has 31 heavy (non-hydrogen) atoms. The highest BCUT2D eigenvalue weighted by Gasteiger charge is 2.31. The fourth-order valence-electron chi connectivity index (χ4n) is 3.84. The van der Waals surface area contributed by atoms with Crippen molar-refractivity contribution >= 4 is 17.6 Å². The molecule has 4 rings (SSSR count). The molecule has 1 aliphatic heterocycles. The average molecular weight is 422 g/mol. The molecule has 2 atom stereocenters. The lowest BCUT2D eigenvalue weighted by Crippen LogP contribution is -2.50. The standard InChI is InChI=1S/C23H27N5O3/c1-3-15(4-2)22(30)25-20-13-18(19-11-8-12-31-19)27-28(20)23-24-17(14-21(29)26-23)16-9-6-5-7-10-16/h5-13,15,17,23-24H,3-4,14H2,1-2H3,(H,25,30)(H,26,29). The summed E-state index contributed by atoms with van der Waals surface area (Å²) in [5.74, 6) is 0.818. The van der Waals surface area contributed by atoms with E-state index in [-0.39, 0.29) is 23.8 Å². The number of hydrogen-bond acceptors (Lipinski definition) is 5. The number of carbonyl (C=O) groups is 2. The monoisotopic (exact) mass is 421 g/mol. The Labute approximate surface area is 181 Å². The minimum Gasteiger partial charge on any atom is -0.463 e. The van der Waals surface area contributed by atoms with Gasteiger partial charge in [-0.2, -0.15) is 5.10 Å². The first kappa shape index (κ1) is 20.9. The summed E-state index contributed by atoms with van der Waals surface area (Å²) in [6.45, 7) is 3.99. The third kappa shape index (κ3) is 4.54. The van der Waals surface area contributed by atoms with Gasteiger partial charge in [0.1, 0.15) is 11.5 Å². The highest BCUT2D eigenvalue weighted by atomic mass is 16.3. The Balaban J connectivity index is 1.66. The normalized spacial score (nSPS) is 18.7. The molecule has 1 aliphatic rings. The average Bonchev–Trinajstić information content (AvgIpc) is 3.45. The smallest absolute Gasteiger partial charge is 0.228 e. The topological polar surface area (TPSA) is 101 Å². The van der Waals surface area contributed by atoms with Crippen molar-refractivity contribution in [2.75, 3.05) is 5.32 Å². The lowest BCUT2D eigenvalue weighted by Gasteiger charge is -2.32. The number of nitrogens with zero attached hydrogens (tertiary/aromatic N) is 2. The second-order valence-electron chi connectivity index (χ2n) is 7.64. The van der Waals surface area contributed by atoms with E-state index in [9.17, 15) is 9.59 Å². The second-order valence-corrected chi connectivity index (χ2v) is 7.64. The minimum absolute atomic E-state index is 0.0705. The molecule has 3 heterocycles. The Hall–Kier alpha value is -3.39. The van der Waals surface area contributed by atoms with Gasteiger partial charge in [-0.25, -0.2) is 4.68 Å². The van der Waals surface area contributed by atoms with Gasteiger partial charge in [-0.15, -0.1) is 0 Å². The SMILES string of the molecule is CCC(CC)C(=O)Nc1cc(-c2ccco2)nn1C1NC(=O)CC(c2ccccc2)N1. The van der Waals surface area contributed by atoms with Crippen molar-refractivity contribution in [1.82, 2.24) is 20.4 Å². The lowest BCUT2D eigenvalue weighted by atomic mass is 10.0. The molecule has 3 aromatic rings. The summed E-state index contributed by atoms with van der Waals surface area (Å²) >= 11 is 0. The van der Waals surface area contributed by atoms with Gasteiger partial charge in [0.25, 0.3) is 0 Å². The van der Waals surface area contributed by atoms with Crippen LogP contribution in [0.15, 0.2) is 59.2 Å². The molecule has 0 radical (unpaired) electrons. The number of carbonyl (C=O) groups excluding carboxylic acids is 2. The number of benzene rings is 1. The summed E-state index contributed by atoms with van der Waals surface area (Å²) in [7, 11) is 0. The first-order valence-electron chi connectivity index (χ1n) is 10.6. The van der Waals surface area contributed by atoms with Crippen LogP contribution in [0.5, 0.6) is 0 Å². The fraction of sp³-hybridized carbons (Fsp3) is 0.348. The summed E-state index contributed by atoms with van der Waals surface area (Å²) in [5.41, 5.74) is 1.59. The van der Waals surface area contributed by atoms with Crippen molar-refractivity contribution < 1.29 is 14.0 Å². The maximum atomic E-state index is 12.8. The van der Waals surface area contributed by atoms with E-state index in [4.69, 9.17) is 4.42 Å². The van der Waals surface area contributed by atoms with E-state index < -0.39 is 6.29 Å². The summed E-state index contributed by atoms with van der Waals surface area (Å²) in [4.78, 5) is 25.3. The van der Waals surface area contributed by atoms with Gasteiger partial charge in [0, 0.05) is 24.4 Å². The fourth-order valence-corrected chi connectivity index (χ4v) is 3.84. The van der Waals surface area contributed by atoms with Crippen LogP contribution >= 0.6 is 0 Å². The number of anilines is 1. The molecule has 0 aliphatic carbocycles. The molecule has 2 unspecified atom stereocenters. The molecule has 162 valence electrons. The zero-order valence-corrected chi connectivity index (χ0v) is 17.7. The van der Waals surface area contributed by atoms with Gasteiger partial charge >= 0.3 is 0 Å². The van der Waals surface area contributed by atoms with Crippen molar-refractivity contribution in [2.24, 2.45) is 5.92 Å². The maximum absolute atomic E-state index is 12.8. The first-order valence-corrected chi connectivity index (χ1v) is 10.6. The van der Waals surface area contributed by atoms with Crippen molar-refractivity contribution in [2.45, 2.75) is 45.4 Å². The maximum Gasteiger partial charge on any atom is 0.228 e. The van der Waals surface area contributed by atoms with Gasteiger partial charge in [-0.05, 0) is 30.5 Å². The zero-order chi connectivity index (χ0) is 21.8. The van der Waals surface area contributed by atoms with Crippen LogP contribution < -0.4 is 16.0 Å². The van der Waals surface area contributed by atoms with Crippen LogP contribution in [-0.2, 0) is 9.59 Å². The third-order valence-corrected chi connectivity index (χ3v) is 5.61. The van der Waals surface area contributed by atoms with Crippen LogP contribution in [0.3, 0.4) is 0 Å². The van der Waals surface area contributed by atoms with E-state index in [0.717, 1.165) is 18.4 Å². The van der Waals surface area contributed by atoms with Gasteiger partial charge in [-0.3, -0.25) is 14.9 Å². The molecular formula is C23H27N5O3. The minimum atomic E-state index is -0.618. The van der Waals surface area contributed by atoms with Gasteiger partial charge in [0.05, 0.1) is 6.26 Å². The summed E-state index contributed by atoms with van der Waals surface area (Å²) in [5, 5.41) is 14.0. The summed E-state index contributed by atoms with van der Waals surface area (Å²) in [6, 6.07) is 15.0. The molecule has 0 spiro atoms. The number of nitrogens with one attached hydrogen (secondary N) is 3. The highest BCUT2D eigenvalue weighted by Crippen LogP contribution is 2.28. The van der Waals surface area contributed by atoms with Crippen molar-refractivity contribution in [3.05, 3.63) is 60.4 Å². The Morgan fingerprint density at radius 3 is 2.68 bits per heavy atom. The van der Waals surface area contributed by atoms with Gasteiger partial charge < -0.3 is 15.1 Å². The van der Waals surface area contributed by atoms with E-state index in [2.05, 4.69) is 21.0 Å². The third-order valence-electron chi connectivity index (χ3n) is 5.61. The second kappa shape index (κ2) is 9.18. The Kier molecular flexibility index (Phi) is 6.18. The van der Waals surface area contributed by atoms with Crippen molar-refractivity contribution in [3.63, 3.8) is 0 Å². The molecule has 0 saturated carbocycles. The van der Waals surface area contributed by atoms with E-state index in [1.54, 1.807) is 29.1 Å². The molecule has 2 aromatic heterocycles. The van der Waals surface area contributed by atoms with Crippen LogP contribution in [0.4, 0.5) is 5.82 Å². The molecule has 1 saturated heterocycles. The predicted molar refractivity (Wildman–Crippen MR) is 117 cm³/mol. The van der Waals surface area contributed by atoms with Crippen LogP contribution in [0.2, 0.25) is 0 Å². The number of hydrogen-bond donors (Lipinski definition) is 3. The van der Waals surface area contributed by atoms with Crippen LogP contribution in [0.25, 0.3) is 11.5 Å². The van der Waals surface area contributed by atoms with Crippen molar-refractivity contribution in [1.29, 1.82) is 0 Å². The Morgan fingerprint density at radius 1 is 1.23 bits per heavy atom. The largest absolute Gasteiger partial charge is 0.463 e.